The van der Waals surface area contributed by atoms with Gasteiger partial charge in [-0.05, 0) is 23.1 Å². The molecule has 0 atom stereocenters. The van der Waals surface area contributed by atoms with Gasteiger partial charge in [0.2, 0.25) is 0 Å². The fraction of sp³-hybridized carbons (Fsp3) is 0.412. The molecule has 0 aliphatic heterocycles. The lowest BCUT2D eigenvalue weighted by atomic mass is 9.96. The van der Waals surface area contributed by atoms with E-state index in [1.54, 1.807) is 17.6 Å². The molecule has 7 nitrogen and oxygen atoms in total. The Balaban J connectivity index is 1.96. The Morgan fingerprint density at radius 2 is 2.12 bits per heavy atom. The van der Waals surface area contributed by atoms with Crippen LogP contribution in [0, 0.1) is 5.41 Å². The van der Waals surface area contributed by atoms with E-state index in [-0.39, 0.29) is 11.3 Å². The molecule has 1 amide bonds. The molecule has 1 heterocycles. The van der Waals surface area contributed by atoms with Gasteiger partial charge in [0, 0.05) is 29.0 Å². The molecule has 9 heteroatoms. The second-order valence-corrected chi connectivity index (χ2v) is 9.97. The van der Waals surface area contributed by atoms with Crippen LogP contribution in [0.1, 0.15) is 41.6 Å². The third kappa shape index (κ3) is 4.15. The standard InChI is InChI=1S/C17H21N2O5PS/c1-17(2,3)7-18-16(20)10-4-5-12(24-9-25(21,22)23)14-11(10)6-13-15(14)19-8-26-13/h4-5,8H,6-7,9H2,1-3H3,(H,18,20)(H2,21,22,23). The maximum atomic E-state index is 12.7. The van der Waals surface area contributed by atoms with Crippen molar-refractivity contribution < 1.29 is 23.9 Å². The molecule has 0 saturated carbocycles. The average Bonchev–Trinajstić information content (AvgIpc) is 3.09. The largest absolute Gasteiger partial charge is 0.480 e. The molecule has 140 valence electrons. The predicted molar refractivity (Wildman–Crippen MR) is 99.7 cm³/mol. The van der Waals surface area contributed by atoms with Gasteiger partial charge in [-0.15, -0.1) is 11.3 Å². The van der Waals surface area contributed by atoms with Crippen LogP contribution in [0.15, 0.2) is 17.6 Å². The maximum absolute atomic E-state index is 12.7. The normalized spacial score (nSPS) is 13.3. The van der Waals surface area contributed by atoms with Gasteiger partial charge in [0.1, 0.15) is 5.75 Å². The fourth-order valence-corrected chi connectivity index (χ4v) is 3.84. The predicted octanol–water partition coefficient (Wildman–Crippen LogP) is 3.00. The van der Waals surface area contributed by atoms with Crippen molar-refractivity contribution in [2.45, 2.75) is 27.2 Å². The topological polar surface area (TPSA) is 109 Å². The molecule has 0 saturated heterocycles. The van der Waals surface area contributed by atoms with Gasteiger partial charge in [-0.25, -0.2) is 4.98 Å². The van der Waals surface area contributed by atoms with Crippen LogP contribution in [0.5, 0.6) is 5.75 Å². The number of hydrogen-bond donors (Lipinski definition) is 3. The maximum Gasteiger partial charge on any atom is 0.362 e. The van der Waals surface area contributed by atoms with Crippen molar-refractivity contribution in [1.82, 2.24) is 10.3 Å². The first-order valence-corrected chi connectivity index (χ1v) is 10.8. The van der Waals surface area contributed by atoms with Crippen LogP contribution >= 0.6 is 18.9 Å². The van der Waals surface area contributed by atoms with Crippen molar-refractivity contribution in [3.05, 3.63) is 33.6 Å². The number of fused-ring (bicyclic) bond motifs is 3. The summed E-state index contributed by atoms with van der Waals surface area (Å²) in [4.78, 5) is 36.2. The Labute approximate surface area is 155 Å². The fourth-order valence-electron chi connectivity index (χ4n) is 2.76. The number of ether oxygens (including phenoxy) is 1. The Kier molecular flexibility index (Phi) is 4.96. The second-order valence-electron chi connectivity index (χ2n) is 7.45. The first-order valence-electron chi connectivity index (χ1n) is 8.09. The van der Waals surface area contributed by atoms with Crippen LogP contribution in [0.3, 0.4) is 0 Å². The van der Waals surface area contributed by atoms with Gasteiger partial charge in [-0.2, -0.15) is 0 Å². The molecule has 0 bridgehead atoms. The molecule has 0 fully saturated rings. The minimum atomic E-state index is -4.31. The molecular formula is C17H21N2O5PS. The number of amides is 1. The van der Waals surface area contributed by atoms with Crippen LogP contribution in [0.25, 0.3) is 11.3 Å². The molecule has 1 aromatic carbocycles. The summed E-state index contributed by atoms with van der Waals surface area (Å²) in [5.74, 6) is 0.160. The Morgan fingerprint density at radius 1 is 1.38 bits per heavy atom. The Morgan fingerprint density at radius 3 is 2.77 bits per heavy atom. The lowest BCUT2D eigenvalue weighted by molar-refractivity contribution is 0.0938. The number of benzene rings is 1. The van der Waals surface area contributed by atoms with E-state index >= 15 is 0 Å². The van der Waals surface area contributed by atoms with E-state index in [0.29, 0.717) is 29.8 Å². The molecule has 3 rings (SSSR count). The molecule has 1 aliphatic rings. The molecule has 2 aromatic rings. The van der Waals surface area contributed by atoms with E-state index in [2.05, 4.69) is 10.3 Å². The smallest absolute Gasteiger partial charge is 0.362 e. The first kappa shape index (κ1) is 19.0. The number of carbonyl (C=O) groups excluding carboxylic acids is 1. The first-order chi connectivity index (χ1) is 12.1. The number of hydrogen-bond acceptors (Lipinski definition) is 5. The van der Waals surface area contributed by atoms with Gasteiger partial charge in [-0.1, -0.05) is 20.8 Å². The summed E-state index contributed by atoms with van der Waals surface area (Å²) < 4.78 is 16.5. The van der Waals surface area contributed by atoms with Crippen molar-refractivity contribution in [2.75, 3.05) is 12.9 Å². The van der Waals surface area contributed by atoms with Crippen molar-refractivity contribution in [1.29, 1.82) is 0 Å². The summed E-state index contributed by atoms with van der Waals surface area (Å²) in [5, 5.41) is 2.94. The summed E-state index contributed by atoms with van der Waals surface area (Å²) in [6.45, 7) is 6.66. The number of thiazole rings is 1. The number of aromatic nitrogens is 1. The van der Waals surface area contributed by atoms with Crippen molar-refractivity contribution in [3.63, 3.8) is 0 Å². The highest BCUT2D eigenvalue weighted by Crippen LogP contribution is 2.46. The van der Waals surface area contributed by atoms with E-state index < -0.39 is 13.9 Å². The molecular weight excluding hydrogens is 375 g/mol. The summed E-state index contributed by atoms with van der Waals surface area (Å²) in [6.07, 6.45) is -0.158. The molecule has 1 aromatic heterocycles. The molecule has 0 spiro atoms. The van der Waals surface area contributed by atoms with Crippen LogP contribution in [-0.2, 0) is 11.0 Å². The Hall–Kier alpha value is -1.73. The highest BCUT2D eigenvalue weighted by atomic mass is 32.1. The number of rotatable bonds is 5. The zero-order valence-corrected chi connectivity index (χ0v) is 16.5. The summed E-state index contributed by atoms with van der Waals surface area (Å²) in [5.41, 5.74) is 4.37. The quantitative estimate of drug-likeness (QED) is 0.572. The zero-order chi connectivity index (χ0) is 19.1. The minimum Gasteiger partial charge on any atom is -0.480 e. The van der Waals surface area contributed by atoms with E-state index in [9.17, 15) is 9.36 Å². The third-order valence-electron chi connectivity index (χ3n) is 3.90. The molecule has 3 N–H and O–H groups in total. The second kappa shape index (κ2) is 6.78. The summed E-state index contributed by atoms with van der Waals surface area (Å²) in [6, 6.07) is 3.22. The van der Waals surface area contributed by atoms with Gasteiger partial charge >= 0.3 is 7.60 Å². The number of carbonyl (C=O) groups is 1. The monoisotopic (exact) mass is 396 g/mol. The van der Waals surface area contributed by atoms with Crippen LogP contribution in [0.4, 0.5) is 0 Å². The molecule has 0 radical (unpaired) electrons. The van der Waals surface area contributed by atoms with Gasteiger partial charge in [0.25, 0.3) is 5.91 Å². The summed E-state index contributed by atoms with van der Waals surface area (Å²) >= 11 is 1.49. The van der Waals surface area contributed by atoms with Crippen molar-refractivity contribution in [2.24, 2.45) is 5.41 Å². The van der Waals surface area contributed by atoms with Crippen LogP contribution in [0.2, 0.25) is 0 Å². The third-order valence-corrected chi connectivity index (χ3v) is 5.20. The van der Waals surface area contributed by atoms with Gasteiger partial charge < -0.3 is 19.8 Å². The lowest BCUT2D eigenvalue weighted by Crippen LogP contribution is -2.32. The van der Waals surface area contributed by atoms with Crippen molar-refractivity contribution >= 4 is 24.8 Å². The number of nitrogens with one attached hydrogen (secondary N) is 1. The lowest BCUT2D eigenvalue weighted by Gasteiger charge is -2.20. The average molecular weight is 396 g/mol. The SMILES string of the molecule is CC(C)(C)CNC(=O)c1ccc(OCP(=O)(O)O)c2c1Cc1scnc1-2. The highest BCUT2D eigenvalue weighted by Gasteiger charge is 2.30. The van der Waals surface area contributed by atoms with Gasteiger partial charge in [-0.3, -0.25) is 9.36 Å². The zero-order valence-electron chi connectivity index (χ0n) is 14.8. The minimum absolute atomic E-state index is 0.0363. The Bertz CT molecular complexity index is 897. The van der Waals surface area contributed by atoms with E-state index in [4.69, 9.17) is 14.5 Å². The van der Waals surface area contributed by atoms with Crippen molar-refractivity contribution in [3.8, 4) is 17.0 Å². The molecule has 0 unspecified atom stereocenters. The summed E-state index contributed by atoms with van der Waals surface area (Å²) in [7, 11) is -4.31. The van der Waals surface area contributed by atoms with Crippen LogP contribution < -0.4 is 10.1 Å². The molecule has 1 aliphatic carbocycles. The van der Waals surface area contributed by atoms with Gasteiger partial charge in [0.15, 0.2) is 6.35 Å². The number of nitrogens with zero attached hydrogens (tertiary/aromatic N) is 1. The van der Waals surface area contributed by atoms with Crippen LogP contribution in [-0.4, -0.2) is 33.6 Å². The highest BCUT2D eigenvalue weighted by molar-refractivity contribution is 7.51. The van der Waals surface area contributed by atoms with Gasteiger partial charge in [0.05, 0.1) is 11.2 Å². The molecule has 26 heavy (non-hydrogen) atoms. The van der Waals surface area contributed by atoms with E-state index in [1.165, 1.54) is 11.3 Å². The van der Waals surface area contributed by atoms with E-state index in [1.807, 2.05) is 20.8 Å². The van der Waals surface area contributed by atoms with E-state index in [0.717, 1.165) is 16.1 Å².